The third-order valence-electron chi connectivity index (χ3n) is 2.71. The lowest BCUT2D eigenvalue weighted by Gasteiger charge is -2.13. The molecule has 5 heteroatoms. The average Bonchev–Trinajstić information content (AvgIpc) is 2.37. The number of aliphatic hydroxyl groups is 1. The van der Waals surface area contributed by atoms with Crippen LogP contribution in [-0.4, -0.2) is 35.4 Å². The van der Waals surface area contributed by atoms with E-state index in [4.69, 9.17) is 9.84 Å². The number of aliphatic carboxylic acids is 1. The van der Waals surface area contributed by atoms with E-state index in [2.05, 4.69) is 5.32 Å². The Labute approximate surface area is 113 Å². The molecule has 1 rings (SSSR count). The van der Waals surface area contributed by atoms with Gasteiger partial charge in [-0.15, -0.1) is 0 Å². The highest BCUT2D eigenvalue weighted by molar-refractivity contribution is 5.66. The van der Waals surface area contributed by atoms with Crippen molar-refractivity contribution >= 4 is 11.7 Å². The van der Waals surface area contributed by atoms with E-state index in [1.54, 1.807) is 0 Å². The van der Waals surface area contributed by atoms with E-state index >= 15 is 0 Å². The van der Waals surface area contributed by atoms with E-state index in [-0.39, 0.29) is 12.8 Å². The monoisotopic (exact) mass is 267 g/mol. The van der Waals surface area contributed by atoms with E-state index in [1.165, 1.54) is 0 Å². The van der Waals surface area contributed by atoms with Crippen LogP contribution in [0.25, 0.3) is 0 Å². The van der Waals surface area contributed by atoms with Crippen molar-refractivity contribution in [3.05, 3.63) is 23.8 Å². The molecule has 0 heterocycles. The van der Waals surface area contributed by atoms with E-state index in [0.29, 0.717) is 13.2 Å². The van der Waals surface area contributed by atoms with Crippen molar-refractivity contribution in [1.82, 2.24) is 0 Å². The summed E-state index contributed by atoms with van der Waals surface area (Å²) in [4.78, 5) is 10.4. The van der Waals surface area contributed by atoms with Crippen LogP contribution in [-0.2, 0) is 4.79 Å². The van der Waals surface area contributed by atoms with Gasteiger partial charge in [-0.2, -0.15) is 0 Å². The Balaban J connectivity index is 2.45. The molecule has 106 valence electrons. The summed E-state index contributed by atoms with van der Waals surface area (Å²) in [5, 5.41) is 21.2. The Morgan fingerprint density at radius 1 is 1.47 bits per heavy atom. The number of hydrogen-bond acceptors (Lipinski definition) is 4. The highest BCUT2D eigenvalue weighted by atomic mass is 16.5. The molecule has 3 N–H and O–H groups in total. The van der Waals surface area contributed by atoms with Crippen molar-refractivity contribution in [3.8, 4) is 5.75 Å². The predicted octanol–water partition coefficient (Wildman–Crippen LogP) is 2.03. The lowest BCUT2D eigenvalue weighted by Crippen LogP contribution is -2.20. The number of carbonyl (C=O) groups is 1. The van der Waals surface area contributed by atoms with Gasteiger partial charge in [0.1, 0.15) is 5.75 Å². The van der Waals surface area contributed by atoms with Gasteiger partial charge >= 0.3 is 5.97 Å². The lowest BCUT2D eigenvalue weighted by molar-refractivity contribution is -0.137. The van der Waals surface area contributed by atoms with Crippen LogP contribution < -0.4 is 10.1 Å². The molecular formula is C14H21NO4. The van der Waals surface area contributed by atoms with Crippen LogP contribution in [0.15, 0.2) is 18.2 Å². The first-order chi connectivity index (χ1) is 9.02. The Bertz CT molecular complexity index is 420. The van der Waals surface area contributed by atoms with Crippen molar-refractivity contribution in [2.45, 2.75) is 32.8 Å². The zero-order chi connectivity index (χ0) is 14.3. The molecule has 0 aromatic heterocycles. The van der Waals surface area contributed by atoms with E-state index in [0.717, 1.165) is 17.0 Å². The highest BCUT2D eigenvalue weighted by Crippen LogP contribution is 2.21. The standard InChI is InChI=1S/C14H21NO4/c1-3-19-13-6-4-11(8-10(13)2)15-9-12(16)5-7-14(17)18/h4,6,8,12,15-16H,3,5,7,9H2,1-2H3,(H,17,18). The SMILES string of the molecule is CCOc1ccc(NCC(O)CCC(=O)O)cc1C. The van der Waals surface area contributed by atoms with E-state index in [1.807, 2.05) is 32.0 Å². The van der Waals surface area contributed by atoms with Gasteiger partial charge in [-0.05, 0) is 44.0 Å². The summed E-state index contributed by atoms with van der Waals surface area (Å²) in [5.41, 5.74) is 1.90. The topological polar surface area (TPSA) is 78.8 Å². The molecule has 1 unspecified atom stereocenters. The number of hydrogen-bond donors (Lipinski definition) is 3. The quantitative estimate of drug-likeness (QED) is 0.671. The molecule has 5 nitrogen and oxygen atoms in total. The number of aryl methyl sites for hydroxylation is 1. The minimum Gasteiger partial charge on any atom is -0.494 e. The molecule has 0 saturated carbocycles. The molecule has 0 fully saturated rings. The van der Waals surface area contributed by atoms with Crippen LogP contribution in [0.2, 0.25) is 0 Å². The third kappa shape index (κ3) is 5.61. The second-order valence-electron chi connectivity index (χ2n) is 4.38. The van der Waals surface area contributed by atoms with Crippen LogP contribution in [0, 0.1) is 6.92 Å². The molecule has 1 aromatic rings. The van der Waals surface area contributed by atoms with Crippen molar-refractivity contribution < 1.29 is 19.7 Å². The van der Waals surface area contributed by atoms with Crippen LogP contribution in [0.5, 0.6) is 5.75 Å². The summed E-state index contributed by atoms with van der Waals surface area (Å²) in [6, 6.07) is 5.70. The molecule has 0 amide bonds. The first kappa shape index (κ1) is 15.3. The number of aliphatic hydroxyl groups excluding tert-OH is 1. The number of ether oxygens (including phenoxy) is 1. The lowest BCUT2D eigenvalue weighted by atomic mass is 10.1. The summed E-state index contributed by atoms with van der Waals surface area (Å²) in [5.74, 6) is -0.0459. The van der Waals surface area contributed by atoms with Gasteiger partial charge in [0.25, 0.3) is 0 Å². The Morgan fingerprint density at radius 2 is 2.21 bits per heavy atom. The molecule has 0 radical (unpaired) electrons. The van der Waals surface area contributed by atoms with Gasteiger partial charge in [-0.25, -0.2) is 0 Å². The van der Waals surface area contributed by atoms with Gasteiger partial charge in [0.05, 0.1) is 12.7 Å². The smallest absolute Gasteiger partial charge is 0.303 e. The third-order valence-corrected chi connectivity index (χ3v) is 2.71. The summed E-state index contributed by atoms with van der Waals surface area (Å²) >= 11 is 0. The van der Waals surface area contributed by atoms with Gasteiger partial charge in [0.15, 0.2) is 0 Å². The number of carboxylic acids is 1. The number of rotatable bonds is 8. The number of carboxylic acid groups (broad SMARTS) is 1. The maximum atomic E-state index is 10.4. The van der Waals surface area contributed by atoms with Crippen LogP contribution in [0.1, 0.15) is 25.3 Å². The largest absolute Gasteiger partial charge is 0.494 e. The fraction of sp³-hybridized carbons (Fsp3) is 0.500. The first-order valence-corrected chi connectivity index (χ1v) is 6.40. The van der Waals surface area contributed by atoms with Crippen LogP contribution in [0.3, 0.4) is 0 Å². The number of nitrogens with one attached hydrogen (secondary N) is 1. The minimum absolute atomic E-state index is 0.0227. The van der Waals surface area contributed by atoms with Gasteiger partial charge < -0.3 is 20.3 Å². The van der Waals surface area contributed by atoms with Crippen LogP contribution >= 0.6 is 0 Å². The summed E-state index contributed by atoms with van der Waals surface area (Å²) in [6.45, 7) is 4.85. The molecular weight excluding hydrogens is 246 g/mol. The fourth-order valence-electron chi connectivity index (χ4n) is 1.70. The molecule has 0 saturated heterocycles. The van der Waals surface area contributed by atoms with Crippen molar-refractivity contribution in [2.24, 2.45) is 0 Å². The zero-order valence-corrected chi connectivity index (χ0v) is 11.3. The second-order valence-corrected chi connectivity index (χ2v) is 4.38. The number of benzene rings is 1. The normalized spacial score (nSPS) is 11.9. The molecule has 1 atom stereocenters. The van der Waals surface area contributed by atoms with Crippen molar-refractivity contribution in [2.75, 3.05) is 18.5 Å². The minimum atomic E-state index is -0.893. The molecule has 0 aliphatic heterocycles. The molecule has 1 aromatic carbocycles. The summed E-state index contributed by atoms with van der Waals surface area (Å²) in [7, 11) is 0. The van der Waals surface area contributed by atoms with Crippen LogP contribution in [0.4, 0.5) is 5.69 Å². The first-order valence-electron chi connectivity index (χ1n) is 6.40. The Kier molecular flexibility index (Phi) is 6.15. The van der Waals surface area contributed by atoms with Gasteiger partial charge in [-0.1, -0.05) is 0 Å². The zero-order valence-electron chi connectivity index (χ0n) is 11.3. The van der Waals surface area contributed by atoms with E-state index < -0.39 is 12.1 Å². The number of anilines is 1. The van der Waals surface area contributed by atoms with E-state index in [9.17, 15) is 9.90 Å². The molecule has 0 aliphatic rings. The molecule has 0 aliphatic carbocycles. The maximum Gasteiger partial charge on any atom is 0.303 e. The fourth-order valence-corrected chi connectivity index (χ4v) is 1.70. The Hall–Kier alpha value is -1.75. The predicted molar refractivity (Wildman–Crippen MR) is 73.7 cm³/mol. The maximum absolute atomic E-state index is 10.4. The highest BCUT2D eigenvalue weighted by Gasteiger charge is 2.07. The van der Waals surface area contributed by atoms with Gasteiger partial charge in [0, 0.05) is 18.7 Å². The average molecular weight is 267 g/mol. The Morgan fingerprint density at radius 3 is 2.79 bits per heavy atom. The van der Waals surface area contributed by atoms with Gasteiger partial charge in [-0.3, -0.25) is 4.79 Å². The summed E-state index contributed by atoms with van der Waals surface area (Å²) < 4.78 is 5.44. The van der Waals surface area contributed by atoms with Crippen molar-refractivity contribution in [3.63, 3.8) is 0 Å². The summed E-state index contributed by atoms with van der Waals surface area (Å²) in [6.07, 6.45) is -0.438. The van der Waals surface area contributed by atoms with Gasteiger partial charge in [0.2, 0.25) is 0 Å². The molecule has 0 bridgehead atoms. The molecule has 0 spiro atoms. The van der Waals surface area contributed by atoms with Crippen molar-refractivity contribution in [1.29, 1.82) is 0 Å². The molecule has 19 heavy (non-hydrogen) atoms. The second kappa shape index (κ2) is 7.63.